The van der Waals surface area contributed by atoms with E-state index in [0.29, 0.717) is 0 Å². The summed E-state index contributed by atoms with van der Waals surface area (Å²) in [6.07, 6.45) is 0.424. The van der Waals surface area contributed by atoms with Gasteiger partial charge in [0.05, 0.1) is 11.3 Å². The molecule has 2 aliphatic heterocycles. The van der Waals surface area contributed by atoms with Crippen LogP contribution in [0.5, 0.6) is 0 Å². The number of esters is 1. The largest absolute Gasteiger partial charge is 0.451 e. The van der Waals surface area contributed by atoms with Crippen LogP contribution in [-0.4, -0.2) is 39.2 Å². The topological polar surface area (TPSA) is 63.7 Å². The van der Waals surface area contributed by atoms with Gasteiger partial charge in [0, 0.05) is 11.2 Å². The summed E-state index contributed by atoms with van der Waals surface area (Å²) in [6, 6.07) is 18.5. The molecule has 2 heterocycles. The number of carbonyl (C=O) groups excluding carboxylic acids is 3. The number of carbonyl (C=O) groups is 3. The summed E-state index contributed by atoms with van der Waals surface area (Å²) in [5.74, 6) is -0.896. The lowest BCUT2D eigenvalue weighted by Gasteiger charge is -2.43. The van der Waals surface area contributed by atoms with Crippen molar-refractivity contribution in [3.8, 4) is 0 Å². The Morgan fingerprint density at radius 2 is 1.66 bits per heavy atom. The summed E-state index contributed by atoms with van der Waals surface area (Å²) in [5.41, 5.74) is 1.75. The molecule has 0 aliphatic carbocycles. The van der Waals surface area contributed by atoms with Gasteiger partial charge in [-0.1, -0.05) is 60.7 Å². The lowest BCUT2D eigenvalue weighted by atomic mass is 9.90. The van der Waals surface area contributed by atoms with Gasteiger partial charge in [-0.3, -0.25) is 4.79 Å². The molecule has 2 aliphatic rings. The molecule has 3 atom stereocenters. The van der Waals surface area contributed by atoms with Crippen LogP contribution in [0.3, 0.4) is 0 Å². The van der Waals surface area contributed by atoms with Gasteiger partial charge < -0.3 is 14.4 Å². The molecule has 1 amide bonds. The van der Waals surface area contributed by atoms with Crippen molar-refractivity contribution in [3.63, 3.8) is 0 Å². The Kier molecular flexibility index (Phi) is 5.21. The second-order valence-corrected chi connectivity index (χ2v) is 9.68. The van der Waals surface area contributed by atoms with E-state index in [-0.39, 0.29) is 23.6 Å². The van der Waals surface area contributed by atoms with Crippen molar-refractivity contribution in [2.75, 3.05) is 0 Å². The molecule has 2 aromatic carbocycles. The highest BCUT2D eigenvalue weighted by Crippen LogP contribution is 2.54. The highest BCUT2D eigenvalue weighted by atomic mass is 32.2. The zero-order valence-corrected chi connectivity index (χ0v) is 17.2. The lowest BCUT2D eigenvalue weighted by molar-refractivity contribution is -0.169. The summed E-state index contributed by atoms with van der Waals surface area (Å²) in [4.78, 5) is 38.4. The molecule has 150 valence electrons. The van der Waals surface area contributed by atoms with Crippen LogP contribution in [0.2, 0.25) is 0 Å². The molecule has 0 bridgehead atoms. The van der Waals surface area contributed by atoms with Crippen molar-refractivity contribution in [2.45, 2.75) is 42.5 Å². The third-order valence-corrected chi connectivity index (χ3v) is 7.19. The minimum absolute atomic E-state index is 0.141. The monoisotopic (exact) mass is 409 g/mol. The van der Waals surface area contributed by atoms with E-state index in [0.717, 1.165) is 17.4 Å². The molecule has 2 aromatic rings. The highest BCUT2D eigenvalue weighted by Gasteiger charge is 2.63. The fourth-order valence-electron chi connectivity index (χ4n) is 4.16. The number of thioether (sulfide) groups is 1. The van der Waals surface area contributed by atoms with Gasteiger partial charge in [0.1, 0.15) is 12.3 Å². The lowest BCUT2D eigenvalue weighted by Crippen LogP contribution is -2.62. The number of hydrogen-bond acceptors (Lipinski definition) is 5. The first-order chi connectivity index (χ1) is 13.9. The fourth-order valence-corrected chi connectivity index (χ4v) is 5.85. The zero-order valence-electron chi connectivity index (χ0n) is 16.4. The van der Waals surface area contributed by atoms with Gasteiger partial charge in [0.25, 0.3) is 0 Å². The second kappa shape index (κ2) is 7.67. The Morgan fingerprint density at radius 3 is 2.17 bits per heavy atom. The molecular formula is C23H23NO4S. The summed E-state index contributed by atoms with van der Waals surface area (Å²) >= 11 is 1.57. The summed E-state index contributed by atoms with van der Waals surface area (Å²) in [6.45, 7) is 3.90. The molecule has 6 heteroatoms. The third-order valence-electron chi connectivity index (χ3n) is 5.56. The van der Waals surface area contributed by atoms with Crippen LogP contribution in [0.4, 0.5) is 0 Å². The Balaban J connectivity index is 1.61. The number of nitrogens with zero attached hydrogens (tertiary/aromatic N) is 1. The quantitative estimate of drug-likeness (QED) is 0.415. The van der Waals surface area contributed by atoms with Crippen molar-refractivity contribution in [3.05, 3.63) is 71.8 Å². The molecule has 4 rings (SSSR count). The Hall–Kier alpha value is -2.60. The number of ether oxygens (including phenoxy) is 1. The molecule has 29 heavy (non-hydrogen) atoms. The number of hydrogen-bond donors (Lipinski definition) is 0. The standard InChI is InChI=1S/C23H23NO4S/c1-23(2)19(24-20(26)17(13-14-25)21(24)29-23)22(27)28-18(15-9-5-3-6-10-15)16-11-7-4-8-12-16/h3-12,14,17-19,21H,13H2,1-2H3/t17-,19+,21-/m1/s1. The maximum absolute atomic E-state index is 13.3. The first-order valence-electron chi connectivity index (χ1n) is 9.68. The van der Waals surface area contributed by atoms with Crippen LogP contribution >= 0.6 is 11.8 Å². The van der Waals surface area contributed by atoms with Crippen molar-refractivity contribution < 1.29 is 19.1 Å². The van der Waals surface area contributed by atoms with Gasteiger partial charge in [0.15, 0.2) is 6.10 Å². The first-order valence-corrected chi connectivity index (χ1v) is 10.6. The van der Waals surface area contributed by atoms with E-state index in [1.54, 1.807) is 16.7 Å². The summed E-state index contributed by atoms with van der Waals surface area (Å²) < 4.78 is 5.53. The molecule has 0 saturated carbocycles. The SMILES string of the molecule is CC1(C)S[C@@H]2[C@H](CC=O)C(=O)N2[C@H]1C(=O)OC(c1ccccc1)c1ccccc1. The molecule has 0 N–H and O–H groups in total. The van der Waals surface area contributed by atoms with Crippen LogP contribution in [0.1, 0.15) is 37.5 Å². The Bertz CT molecular complexity index is 875. The fraction of sp³-hybridized carbons (Fsp3) is 0.348. The zero-order chi connectivity index (χ0) is 20.6. The van der Waals surface area contributed by atoms with Crippen molar-refractivity contribution >= 4 is 29.9 Å². The van der Waals surface area contributed by atoms with E-state index in [2.05, 4.69) is 0 Å². The number of rotatable bonds is 6. The van der Waals surface area contributed by atoms with Crippen LogP contribution in [-0.2, 0) is 19.1 Å². The molecule has 0 unspecified atom stereocenters. The molecular weight excluding hydrogens is 386 g/mol. The average Bonchev–Trinajstić information content (AvgIpc) is 2.99. The smallest absolute Gasteiger partial charge is 0.331 e. The maximum Gasteiger partial charge on any atom is 0.331 e. The van der Waals surface area contributed by atoms with E-state index < -0.39 is 22.9 Å². The van der Waals surface area contributed by atoms with E-state index in [4.69, 9.17) is 4.74 Å². The van der Waals surface area contributed by atoms with Crippen LogP contribution in [0.25, 0.3) is 0 Å². The van der Waals surface area contributed by atoms with E-state index in [1.165, 1.54) is 0 Å². The first kappa shape index (κ1) is 19.7. The van der Waals surface area contributed by atoms with E-state index in [9.17, 15) is 14.4 Å². The average molecular weight is 410 g/mol. The number of β-lactam (4-membered cyclic amide) rings is 1. The van der Waals surface area contributed by atoms with Gasteiger partial charge in [-0.15, -0.1) is 11.8 Å². The molecule has 0 aromatic heterocycles. The van der Waals surface area contributed by atoms with Gasteiger partial charge >= 0.3 is 5.97 Å². The third kappa shape index (κ3) is 3.46. The predicted molar refractivity (Wildman–Crippen MR) is 111 cm³/mol. The molecule has 2 fully saturated rings. The van der Waals surface area contributed by atoms with Crippen LogP contribution in [0.15, 0.2) is 60.7 Å². The van der Waals surface area contributed by atoms with E-state index >= 15 is 0 Å². The molecule has 0 radical (unpaired) electrons. The maximum atomic E-state index is 13.3. The molecule has 5 nitrogen and oxygen atoms in total. The van der Waals surface area contributed by atoms with Crippen molar-refractivity contribution in [2.24, 2.45) is 5.92 Å². The van der Waals surface area contributed by atoms with Crippen LogP contribution < -0.4 is 0 Å². The van der Waals surface area contributed by atoms with Gasteiger partial charge in [0.2, 0.25) is 5.91 Å². The van der Waals surface area contributed by atoms with Gasteiger partial charge in [-0.2, -0.15) is 0 Å². The summed E-state index contributed by atoms with van der Waals surface area (Å²) in [5, 5.41) is -0.146. The van der Waals surface area contributed by atoms with Gasteiger partial charge in [-0.25, -0.2) is 4.79 Å². The highest BCUT2D eigenvalue weighted by molar-refractivity contribution is 8.01. The number of fused-ring (bicyclic) bond motifs is 1. The minimum Gasteiger partial charge on any atom is -0.451 e. The Labute approximate surface area is 174 Å². The number of benzene rings is 2. The van der Waals surface area contributed by atoms with Crippen LogP contribution in [0, 0.1) is 5.92 Å². The summed E-state index contributed by atoms with van der Waals surface area (Å²) in [7, 11) is 0. The second-order valence-electron chi connectivity index (χ2n) is 7.91. The number of amides is 1. The van der Waals surface area contributed by atoms with Crippen molar-refractivity contribution in [1.29, 1.82) is 0 Å². The molecule has 2 saturated heterocycles. The Morgan fingerprint density at radius 1 is 1.10 bits per heavy atom. The minimum atomic E-state index is -0.678. The predicted octanol–water partition coefficient (Wildman–Crippen LogP) is 3.59. The normalized spacial score (nSPS) is 24.7. The van der Waals surface area contributed by atoms with E-state index in [1.807, 2.05) is 74.5 Å². The van der Waals surface area contributed by atoms with Crippen molar-refractivity contribution in [1.82, 2.24) is 4.90 Å². The van der Waals surface area contributed by atoms with Gasteiger partial charge in [-0.05, 0) is 25.0 Å². The molecule has 0 spiro atoms. The number of aldehydes is 1.